The molecule has 5 nitrogen and oxygen atoms in total. The Bertz CT molecular complexity index is 205. The fourth-order valence-corrected chi connectivity index (χ4v) is 1.70. The second-order valence-electron chi connectivity index (χ2n) is 4.13. The van der Waals surface area contributed by atoms with E-state index in [0.29, 0.717) is 19.8 Å². The molecule has 1 rings (SSSR count). The van der Waals surface area contributed by atoms with E-state index < -0.39 is 0 Å². The molecule has 16 heavy (non-hydrogen) atoms. The Morgan fingerprint density at radius 3 is 3.00 bits per heavy atom. The largest absolute Gasteiger partial charge is 0.382 e. The minimum Gasteiger partial charge on any atom is -0.382 e. The first-order valence-electron chi connectivity index (χ1n) is 5.84. The van der Waals surface area contributed by atoms with Gasteiger partial charge < -0.3 is 20.1 Å². The summed E-state index contributed by atoms with van der Waals surface area (Å²) in [7, 11) is 1.64. The summed E-state index contributed by atoms with van der Waals surface area (Å²) < 4.78 is 10.2. The zero-order chi connectivity index (χ0) is 11.8. The van der Waals surface area contributed by atoms with Gasteiger partial charge in [-0.15, -0.1) is 0 Å². The molecule has 2 N–H and O–H groups in total. The molecule has 1 fully saturated rings. The highest BCUT2D eigenvalue weighted by Gasteiger charge is 2.22. The smallest absolute Gasteiger partial charge is 0.237 e. The van der Waals surface area contributed by atoms with Crippen LogP contribution in [0.4, 0.5) is 0 Å². The number of ether oxygens (including phenoxy) is 2. The van der Waals surface area contributed by atoms with Crippen molar-refractivity contribution in [2.24, 2.45) is 0 Å². The summed E-state index contributed by atoms with van der Waals surface area (Å²) in [4.78, 5) is 11.7. The molecule has 0 aromatic heterocycles. The molecular weight excluding hydrogens is 208 g/mol. The first kappa shape index (κ1) is 13.4. The van der Waals surface area contributed by atoms with Crippen LogP contribution in [0.5, 0.6) is 0 Å². The predicted octanol–water partition coefficient (Wildman–Crippen LogP) is -0.0939. The number of carbonyl (C=O) groups excluding carboxylic acids is 1. The molecule has 1 aliphatic heterocycles. The molecule has 0 saturated carbocycles. The van der Waals surface area contributed by atoms with Gasteiger partial charge >= 0.3 is 0 Å². The molecule has 1 aliphatic rings. The maximum Gasteiger partial charge on any atom is 0.237 e. The van der Waals surface area contributed by atoms with Gasteiger partial charge in [0.2, 0.25) is 5.91 Å². The van der Waals surface area contributed by atoms with E-state index in [1.165, 1.54) is 0 Å². The number of carbonyl (C=O) groups is 1. The van der Waals surface area contributed by atoms with Gasteiger partial charge in [0.05, 0.1) is 25.9 Å². The highest BCUT2D eigenvalue weighted by molar-refractivity contribution is 5.82. The standard InChI is InChI=1S/C11H22N2O3/c1-9(8-16-7-6-15-2)13-11(14)10-4-3-5-12-10/h9-10,12H,3-8H2,1-2H3,(H,13,14). The number of nitrogens with one attached hydrogen (secondary N) is 2. The van der Waals surface area contributed by atoms with E-state index in [-0.39, 0.29) is 18.0 Å². The summed E-state index contributed by atoms with van der Waals surface area (Å²) in [6.45, 7) is 4.57. The molecule has 94 valence electrons. The third kappa shape index (κ3) is 4.92. The van der Waals surface area contributed by atoms with E-state index in [2.05, 4.69) is 10.6 Å². The normalized spacial score (nSPS) is 22.0. The average Bonchev–Trinajstić information content (AvgIpc) is 2.77. The molecule has 2 atom stereocenters. The van der Waals surface area contributed by atoms with Crippen molar-refractivity contribution in [3.8, 4) is 0 Å². The zero-order valence-electron chi connectivity index (χ0n) is 10.1. The number of rotatable bonds is 7. The monoisotopic (exact) mass is 230 g/mol. The van der Waals surface area contributed by atoms with Crippen LogP contribution in [-0.4, -0.2) is 51.5 Å². The van der Waals surface area contributed by atoms with E-state index in [9.17, 15) is 4.79 Å². The van der Waals surface area contributed by atoms with Crippen LogP contribution in [-0.2, 0) is 14.3 Å². The van der Waals surface area contributed by atoms with Crippen LogP contribution in [0.1, 0.15) is 19.8 Å². The van der Waals surface area contributed by atoms with Gasteiger partial charge in [0.25, 0.3) is 0 Å². The molecule has 1 amide bonds. The number of hydrogen-bond acceptors (Lipinski definition) is 4. The van der Waals surface area contributed by atoms with E-state index in [4.69, 9.17) is 9.47 Å². The molecule has 0 aromatic rings. The van der Waals surface area contributed by atoms with Crippen LogP contribution in [0.25, 0.3) is 0 Å². The van der Waals surface area contributed by atoms with Crippen LogP contribution in [0, 0.1) is 0 Å². The molecule has 0 aliphatic carbocycles. The Morgan fingerprint density at radius 1 is 1.56 bits per heavy atom. The minimum atomic E-state index is -0.0126. The summed E-state index contributed by atoms with van der Waals surface area (Å²) in [5, 5.41) is 6.10. The van der Waals surface area contributed by atoms with E-state index in [0.717, 1.165) is 19.4 Å². The second-order valence-corrected chi connectivity index (χ2v) is 4.13. The van der Waals surface area contributed by atoms with Crippen molar-refractivity contribution in [2.45, 2.75) is 31.8 Å². The van der Waals surface area contributed by atoms with Gasteiger partial charge in [-0.3, -0.25) is 4.79 Å². The van der Waals surface area contributed by atoms with Crippen molar-refractivity contribution in [3.63, 3.8) is 0 Å². The molecule has 0 spiro atoms. The summed E-state index contributed by atoms with van der Waals surface area (Å²) >= 11 is 0. The SMILES string of the molecule is COCCOCC(C)NC(=O)C1CCCN1. The van der Waals surface area contributed by atoms with Crippen LogP contribution < -0.4 is 10.6 Å². The summed E-state index contributed by atoms with van der Waals surface area (Å²) in [5.41, 5.74) is 0. The Morgan fingerprint density at radius 2 is 2.38 bits per heavy atom. The summed E-state index contributed by atoms with van der Waals surface area (Å²) in [5.74, 6) is 0.0836. The van der Waals surface area contributed by atoms with Crippen molar-refractivity contribution >= 4 is 5.91 Å². The third-order valence-electron chi connectivity index (χ3n) is 2.57. The zero-order valence-corrected chi connectivity index (χ0v) is 10.1. The maximum absolute atomic E-state index is 11.7. The molecular formula is C11H22N2O3. The lowest BCUT2D eigenvalue weighted by Gasteiger charge is -2.17. The Balaban J connectivity index is 2.08. The van der Waals surface area contributed by atoms with Gasteiger partial charge in [-0.2, -0.15) is 0 Å². The fourth-order valence-electron chi connectivity index (χ4n) is 1.70. The summed E-state index contributed by atoms with van der Waals surface area (Å²) in [6.07, 6.45) is 2.01. The lowest BCUT2D eigenvalue weighted by atomic mass is 10.2. The van der Waals surface area contributed by atoms with Gasteiger partial charge in [-0.1, -0.05) is 0 Å². The fraction of sp³-hybridized carbons (Fsp3) is 0.909. The van der Waals surface area contributed by atoms with Gasteiger partial charge in [0.15, 0.2) is 0 Å². The van der Waals surface area contributed by atoms with Crippen LogP contribution in [0.2, 0.25) is 0 Å². The molecule has 1 heterocycles. The highest BCUT2D eigenvalue weighted by atomic mass is 16.5. The van der Waals surface area contributed by atoms with Crippen molar-refractivity contribution in [1.82, 2.24) is 10.6 Å². The van der Waals surface area contributed by atoms with E-state index >= 15 is 0 Å². The quantitative estimate of drug-likeness (QED) is 0.600. The van der Waals surface area contributed by atoms with Gasteiger partial charge in [-0.25, -0.2) is 0 Å². The van der Waals surface area contributed by atoms with E-state index in [1.54, 1.807) is 7.11 Å². The molecule has 0 aromatic carbocycles. The molecule has 2 unspecified atom stereocenters. The molecule has 1 saturated heterocycles. The van der Waals surface area contributed by atoms with E-state index in [1.807, 2.05) is 6.92 Å². The van der Waals surface area contributed by atoms with Gasteiger partial charge in [0.1, 0.15) is 0 Å². The highest BCUT2D eigenvalue weighted by Crippen LogP contribution is 2.04. The Labute approximate surface area is 96.9 Å². The first-order chi connectivity index (χ1) is 7.74. The van der Waals surface area contributed by atoms with Crippen molar-refractivity contribution in [3.05, 3.63) is 0 Å². The lowest BCUT2D eigenvalue weighted by molar-refractivity contribution is -0.123. The number of amides is 1. The topological polar surface area (TPSA) is 59.6 Å². The number of hydrogen-bond donors (Lipinski definition) is 2. The van der Waals surface area contributed by atoms with Crippen LogP contribution in [0.3, 0.4) is 0 Å². The first-order valence-corrected chi connectivity index (χ1v) is 5.84. The predicted molar refractivity (Wildman–Crippen MR) is 61.3 cm³/mol. The lowest BCUT2D eigenvalue weighted by Crippen LogP contribution is -2.45. The van der Waals surface area contributed by atoms with Crippen molar-refractivity contribution in [2.75, 3.05) is 33.5 Å². The Hall–Kier alpha value is -0.650. The minimum absolute atomic E-state index is 0.0126. The maximum atomic E-state index is 11.7. The molecule has 0 radical (unpaired) electrons. The van der Waals surface area contributed by atoms with Crippen molar-refractivity contribution in [1.29, 1.82) is 0 Å². The van der Waals surface area contributed by atoms with Crippen LogP contribution >= 0.6 is 0 Å². The number of methoxy groups -OCH3 is 1. The Kier molecular flexibility index (Phi) is 6.37. The summed E-state index contributed by atoms with van der Waals surface area (Å²) in [6, 6.07) is 0.0354. The second kappa shape index (κ2) is 7.60. The van der Waals surface area contributed by atoms with Crippen LogP contribution in [0.15, 0.2) is 0 Å². The van der Waals surface area contributed by atoms with Gasteiger partial charge in [0, 0.05) is 13.2 Å². The van der Waals surface area contributed by atoms with Crippen molar-refractivity contribution < 1.29 is 14.3 Å². The van der Waals surface area contributed by atoms with Gasteiger partial charge in [-0.05, 0) is 26.3 Å². The molecule has 5 heteroatoms. The average molecular weight is 230 g/mol. The molecule has 0 bridgehead atoms. The third-order valence-corrected chi connectivity index (χ3v) is 2.57.